The number of amides is 2. The topological polar surface area (TPSA) is 110 Å². The van der Waals surface area contributed by atoms with Gasteiger partial charge in [-0.3, -0.25) is 9.59 Å². The van der Waals surface area contributed by atoms with Crippen molar-refractivity contribution >= 4 is 11.8 Å². The smallest absolute Gasteiger partial charge is 0.239 e. The number of nitrogens with two attached hydrogens (primary N) is 2. The molecule has 13 heavy (non-hydrogen) atoms. The van der Waals surface area contributed by atoms with Gasteiger partial charge in [-0.2, -0.15) is 0 Å². The molecule has 0 rings (SSSR count). The second-order valence-corrected chi connectivity index (χ2v) is 2.47. The Kier molecular flexibility index (Phi) is 6.85. The first-order valence-corrected chi connectivity index (χ1v) is 4.14. The third kappa shape index (κ3) is 7.23. The van der Waals surface area contributed by atoms with Crippen molar-refractivity contribution in [1.82, 2.24) is 10.6 Å². The largest absolute Gasteiger partial charge is 0.355 e. The third-order valence-electron chi connectivity index (χ3n) is 1.33. The lowest BCUT2D eigenvalue weighted by Crippen LogP contribution is -2.39. The van der Waals surface area contributed by atoms with Crippen LogP contribution in [0.3, 0.4) is 0 Å². The lowest BCUT2D eigenvalue weighted by molar-refractivity contribution is -0.125. The number of nitrogens with one attached hydrogen (secondary N) is 2. The Bertz CT molecular complexity index is 172. The molecule has 0 bridgehead atoms. The van der Waals surface area contributed by atoms with Gasteiger partial charge in [-0.05, 0) is 13.0 Å². The van der Waals surface area contributed by atoms with Crippen molar-refractivity contribution in [3.63, 3.8) is 0 Å². The average molecular weight is 188 g/mol. The summed E-state index contributed by atoms with van der Waals surface area (Å²) in [6.07, 6.45) is 0.733. The Hall–Kier alpha value is -1.14. The van der Waals surface area contributed by atoms with Crippen LogP contribution in [0.2, 0.25) is 0 Å². The van der Waals surface area contributed by atoms with Crippen LogP contribution in [-0.4, -0.2) is 38.0 Å². The van der Waals surface area contributed by atoms with Crippen LogP contribution in [0.25, 0.3) is 0 Å². The van der Waals surface area contributed by atoms with Crippen LogP contribution in [-0.2, 0) is 9.59 Å². The molecular formula is C7H16N4O2. The first-order valence-electron chi connectivity index (χ1n) is 4.14. The minimum absolute atomic E-state index is 0.0272. The van der Waals surface area contributed by atoms with Crippen LogP contribution in [0.1, 0.15) is 6.42 Å². The SMILES string of the molecule is NCCCNC(=O)CNC(=O)CN. The molecule has 6 nitrogen and oxygen atoms in total. The molecule has 0 unspecified atom stereocenters. The number of rotatable bonds is 6. The van der Waals surface area contributed by atoms with Crippen LogP contribution in [0.15, 0.2) is 0 Å². The van der Waals surface area contributed by atoms with E-state index >= 15 is 0 Å². The summed E-state index contributed by atoms with van der Waals surface area (Å²) in [5.41, 5.74) is 10.2. The molecule has 0 aromatic carbocycles. The lowest BCUT2D eigenvalue weighted by Gasteiger charge is -2.04. The summed E-state index contributed by atoms with van der Waals surface area (Å²) >= 11 is 0. The molecule has 6 N–H and O–H groups in total. The second kappa shape index (κ2) is 7.51. The van der Waals surface area contributed by atoms with Gasteiger partial charge in [0.05, 0.1) is 13.1 Å². The van der Waals surface area contributed by atoms with Gasteiger partial charge in [0.25, 0.3) is 0 Å². The Balaban J connectivity index is 3.35. The quantitative estimate of drug-likeness (QED) is 0.346. The van der Waals surface area contributed by atoms with E-state index in [1.165, 1.54) is 0 Å². The molecule has 0 radical (unpaired) electrons. The van der Waals surface area contributed by atoms with Crippen LogP contribution >= 0.6 is 0 Å². The second-order valence-electron chi connectivity index (χ2n) is 2.47. The van der Waals surface area contributed by atoms with Crippen LogP contribution in [0.5, 0.6) is 0 Å². The van der Waals surface area contributed by atoms with E-state index in [0.29, 0.717) is 13.1 Å². The minimum Gasteiger partial charge on any atom is -0.355 e. The van der Waals surface area contributed by atoms with Gasteiger partial charge in [-0.25, -0.2) is 0 Å². The van der Waals surface area contributed by atoms with Gasteiger partial charge in [-0.1, -0.05) is 0 Å². The van der Waals surface area contributed by atoms with E-state index < -0.39 is 0 Å². The first-order chi connectivity index (χ1) is 6.20. The zero-order valence-corrected chi connectivity index (χ0v) is 7.51. The Morgan fingerprint density at radius 1 is 1.08 bits per heavy atom. The van der Waals surface area contributed by atoms with E-state index in [9.17, 15) is 9.59 Å². The van der Waals surface area contributed by atoms with Crippen molar-refractivity contribution < 1.29 is 9.59 Å². The molecule has 0 saturated carbocycles. The Morgan fingerprint density at radius 2 is 1.77 bits per heavy atom. The molecule has 2 amide bonds. The maximum Gasteiger partial charge on any atom is 0.239 e. The van der Waals surface area contributed by atoms with Gasteiger partial charge in [-0.15, -0.1) is 0 Å². The van der Waals surface area contributed by atoms with E-state index in [-0.39, 0.29) is 24.9 Å². The highest BCUT2D eigenvalue weighted by Gasteiger charge is 2.01. The molecule has 0 aliphatic heterocycles. The number of hydrogen-bond donors (Lipinski definition) is 4. The van der Waals surface area contributed by atoms with E-state index in [1.54, 1.807) is 0 Å². The number of carbonyl (C=O) groups is 2. The highest BCUT2D eigenvalue weighted by molar-refractivity contribution is 5.85. The van der Waals surface area contributed by atoms with Crippen molar-refractivity contribution in [3.05, 3.63) is 0 Å². The standard InChI is InChI=1S/C7H16N4O2/c8-2-1-3-10-7(13)5-11-6(12)4-9/h1-5,8-9H2,(H,10,13)(H,11,12). The minimum atomic E-state index is -0.339. The normalized spacial score (nSPS) is 9.38. The van der Waals surface area contributed by atoms with E-state index in [1.807, 2.05) is 0 Å². The fraction of sp³-hybridized carbons (Fsp3) is 0.714. The van der Waals surface area contributed by atoms with Crippen LogP contribution in [0, 0.1) is 0 Å². The summed E-state index contributed by atoms with van der Waals surface area (Å²) in [5.74, 6) is -0.566. The maximum absolute atomic E-state index is 10.9. The third-order valence-corrected chi connectivity index (χ3v) is 1.33. The molecule has 0 aliphatic carbocycles. The molecule has 0 fully saturated rings. The predicted molar refractivity (Wildman–Crippen MR) is 48.7 cm³/mol. The summed E-state index contributed by atoms with van der Waals surface area (Å²) in [6, 6.07) is 0. The van der Waals surface area contributed by atoms with Gasteiger partial charge in [0.15, 0.2) is 0 Å². The summed E-state index contributed by atoms with van der Waals surface area (Å²) in [6.45, 7) is 0.944. The molecule has 0 saturated heterocycles. The van der Waals surface area contributed by atoms with Gasteiger partial charge < -0.3 is 22.1 Å². The highest BCUT2D eigenvalue weighted by Crippen LogP contribution is 1.70. The molecule has 0 aliphatic rings. The maximum atomic E-state index is 10.9. The van der Waals surface area contributed by atoms with Gasteiger partial charge in [0.1, 0.15) is 0 Å². The average Bonchev–Trinajstić information content (AvgIpc) is 2.14. The van der Waals surface area contributed by atoms with Crippen LogP contribution < -0.4 is 22.1 Å². The predicted octanol–water partition coefficient (Wildman–Crippen LogP) is -2.47. The van der Waals surface area contributed by atoms with Crippen molar-refractivity contribution in [2.24, 2.45) is 11.5 Å². The fourth-order valence-electron chi connectivity index (χ4n) is 0.643. The number of carbonyl (C=O) groups excluding carboxylic acids is 2. The van der Waals surface area contributed by atoms with Crippen LogP contribution in [0.4, 0.5) is 0 Å². The van der Waals surface area contributed by atoms with E-state index in [2.05, 4.69) is 10.6 Å². The van der Waals surface area contributed by atoms with Crippen molar-refractivity contribution in [1.29, 1.82) is 0 Å². The molecule has 6 heteroatoms. The lowest BCUT2D eigenvalue weighted by atomic mass is 10.4. The molecule has 0 aromatic rings. The molecule has 76 valence electrons. The van der Waals surface area contributed by atoms with Crippen molar-refractivity contribution in [3.8, 4) is 0 Å². The van der Waals surface area contributed by atoms with Gasteiger partial charge >= 0.3 is 0 Å². The summed E-state index contributed by atoms with van der Waals surface area (Å²) in [5, 5.41) is 4.94. The molecule has 0 aromatic heterocycles. The number of hydrogen-bond acceptors (Lipinski definition) is 4. The monoisotopic (exact) mass is 188 g/mol. The molecule has 0 heterocycles. The summed E-state index contributed by atoms with van der Waals surface area (Å²) in [4.78, 5) is 21.5. The molecule has 0 atom stereocenters. The molecule has 0 spiro atoms. The zero-order chi connectivity index (χ0) is 10.1. The Morgan fingerprint density at radius 3 is 2.31 bits per heavy atom. The summed E-state index contributed by atoms with van der Waals surface area (Å²) in [7, 11) is 0. The zero-order valence-electron chi connectivity index (χ0n) is 7.51. The van der Waals surface area contributed by atoms with Crippen molar-refractivity contribution in [2.75, 3.05) is 26.2 Å². The first kappa shape index (κ1) is 11.9. The van der Waals surface area contributed by atoms with Gasteiger partial charge in [0.2, 0.25) is 11.8 Å². The van der Waals surface area contributed by atoms with Crippen molar-refractivity contribution in [2.45, 2.75) is 6.42 Å². The van der Waals surface area contributed by atoms with Gasteiger partial charge in [0, 0.05) is 6.54 Å². The van der Waals surface area contributed by atoms with E-state index in [4.69, 9.17) is 11.5 Å². The highest BCUT2D eigenvalue weighted by atomic mass is 16.2. The summed E-state index contributed by atoms with van der Waals surface area (Å²) < 4.78 is 0. The van der Waals surface area contributed by atoms with E-state index in [0.717, 1.165) is 6.42 Å². The molecular weight excluding hydrogens is 172 g/mol. The fourth-order valence-corrected chi connectivity index (χ4v) is 0.643. The Labute approximate surface area is 77.0 Å².